The average molecular weight is 592 g/mol. The van der Waals surface area contributed by atoms with E-state index in [1.165, 1.54) is 16.7 Å². The van der Waals surface area contributed by atoms with Crippen LogP contribution in [0.1, 0.15) is 52.5 Å². The second-order valence-corrected chi connectivity index (χ2v) is 11.6. The summed E-state index contributed by atoms with van der Waals surface area (Å²) in [7, 11) is 0. The van der Waals surface area contributed by atoms with E-state index in [0.717, 1.165) is 72.8 Å². The van der Waals surface area contributed by atoms with Crippen molar-refractivity contribution in [2.75, 3.05) is 19.7 Å². The van der Waals surface area contributed by atoms with Crippen LogP contribution in [0.4, 0.5) is 4.39 Å². The molecule has 0 aliphatic carbocycles. The third-order valence-corrected chi connectivity index (χ3v) is 8.96. The summed E-state index contributed by atoms with van der Waals surface area (Å²) in [5.74, 6) is -0.420. The van der Waals surface area contributed by atoms with Crippen molar-refractivity contribution in [3.05, 3.63) is 106 Å². The summed E-state index contributed by atoms with van der Waals surface area (Å²) in [5.41, 5.74) is 2.96. The molecule has 0 radical (unpaired) electrons. The Hall–Kier alpha value is -4.85. The number of hydrogen-bond donors (Lipinski definition) is 1. The zero-order valence-electron chi connectivity index (χ0n) is 23.9. The van der Waals surface area contributed by atoms with Gasteiger partial charge in [0.2, 0.25) is 0 Å². The number of carboxylic acid groups (broad SMARTS) is 1. The molecule has 2 aliphatic rings. The highest BCUT2D eigenvalue weighted by Gasteiger charge is 2.26. The van der Waals surface area contributed by atoms with E-state index in [1.54, 1.807) is 30.5 Å². The van der Waals surface area contributed by atoms with Crippen molar-refractivity contribution in [2.24, 2.45) is 0 Å². The lowest BCUT2D eigenvalue weighted by molar-refractivity contribution is -0.0592. The lowest BCUT2D eigenvalue weighted by Crippen LogP contribution is -2.35. The quantitative estimate of drug-likeness (QED) is 0.276. The Balaban J connectivity index is 1.11. The van der Waals surface area contributed by atoms with Crippen LogP contribution in [0.25, 0.3) is 27.5 Å². The van der Waals surface area contributed by atoms with Crippen LogP contribution in [-0.4, -0.2) is 55.9 Å². The van der Waals surface area contributed by atoms with Crippen molar-refractivity contribution in [1.82, 2.24) is 19.0 Å². The number of aromatic nitrogens is 3. The normalized spacial score (nSPS) is 17.5. The van der Waals surface area contributed by atoms with Crippen LogP contribution < -0.4 is 5.56 Å². The van der Waals surface area contributed by atoms with E-state index in [4.69, 9.17) is 15.0 Å². The first kappa shape index (κ1) is 28.0. The number of carbonyl (C=O) groups is 1. The van der Waals surface area contributed by atoms with Crippen LogP contribution in [0.2, 0.25) is 0 Å². The highest BCUT2D eigenvalue weighted by atomic mass is 19.1. The van der Waals surface area contributed by atoms with Crippen LogP contribution in [0.15, 0.2) is 71.7 Å². The number of aromatic carboxylic acids is 1. The monoisotopic (exact) mass is 591 g/mol. The van der Waals surface area contributed by atoms with E-state index in [1.807, 2.05) is 18.2 Å². The Kier molecular flexibility index (Phi) is 7.20. The number of nitriles is 1. The summed E-state index contributed by atoms with van der Waals surface area (Å²) < 4.78 is 23.8. The van der Waals surface area contributed by atoms with Crippen molar-refractivity contribution >= 4 is 27.8 Å². The van der Waals surface area contributed by atoms with Crippen molar-refractivity contribution in [3.8, 4) is 11.8 Å². The topological polar surface area (TPSA) is 113 Å². The lowest BCUT2D eigenvalue weighted by atomic mass is 9.86. The molecule has 7 rings (SSSR count). The fourth-order valence-corrected chi connectivity index (χ4v) is 6.48. The molecule has 1 N–H and O–H groups in total. The Morgan fingerprint density at radius 2 is 1.89 bits per heavy atom. The Labute approximate surface area is 252 Å². The van der Waals surface area contributed by atoms with Crippen LogP contribution >= 0.6 is 0 Å². The average Bonchev–Trinajstić information content (AvgIpc) is 3.35. The molecule has 0 bridgehead atoms. The Morgan fingerprint density at radius 3 is 2.59 bits per heavy atom. The van der Waals surface area contributed by atoms with E-state index in [-0.39, 0.29) is 34.4 Å². The van der Waals surface area contributed by atoms with Crippen molar-refractivity contribution < 1.29 is 19.0 Å². The molecular formula is C34H30FN5O4. The molecule has 3 aromatic carbocycles. The van der Waals surface area contributed by atoms with Crippen molar-refractivity contribution in [2.45, 2.75) is 44.4 Å². The second-order valence-electron chi connectivity index (χ2n) is 11.6. The molecule has 9 nitrogen and oxygen atoms in total. The summed E-state index contributed by atoms with van der Waals surface area (Å²) in [6, 6.07) is 18.7. The maximum absolute atomic E-state index is 14.7. The number of pyridine rings is 1. The van der Waals surface area contributed by atoms with E-state index in [2.05, 4.69) is 15.5 Å². The number of halogens is 1. The molecule has 2 aromatic heterocycles. The van der Waals surface area contributed by atoms with E-state index in [9.17, 15) is 19.1 Å². The number of piperidine rings is 1. The first-order chi connectivity index (χ1) is 21.4. The van der Waals surface area contributed by atoms with Crippen LogP contribution in [0, 0.1) is 17.1 Å². The number of nitrogens with zero attached hydrogens (tertiary/aromatic N) is 5. The maximum atomic E-state index is 14.7. The minimum atomic E-state index is -0.961. The summed E-state index contributed by atoms with van der Waals surface area (Å²) in [5, 5.41) is 20.0. The second kappa shape index (κ2) is 11.3. The third-order valence-electron chi connectivity index (χ3n) is 8.96. The molecule has 222 valence electrons. The van der Waals surface area contributed by atoms with Gasteiger partial charge in [-0.15, -0.1) is 0 Å². The number of benzene rings is 3. The van der Waals surface area contributed by atoms with Crippen LogP contribution in [-0.2, 0) is 17.8 Å². The number of imidazole rings is 1. The highest BCUT2D eigenvalue weighted by Crippen LogP contribution is 2.33. The van der Waals surface area contributed by atoms with E-state index >= 15 is 0 Å². The number of ether oxygens (including phenoxy) is 1. The molecule has 10 heteroatoms. The zero-order chi connectivity index (χ0) is 30.4. The third kappa shape index (κ3) is 5.04. The first-order valence-corrected chi connectivity index (χ1v) is 14.8. The van der Waals surface area contributed by atoms with Crippen molar-refractivity contribution in [3.63, 3.8) is 0 Å². The minimum Gasteiger partial charge on any atom is -0.478 e. The molecule has 5 aromatic rings. The lowest BCUT2D eigenvalue weighted by Gasteiger charge is -2.33. The summed E-state index contributed by atoms with van der Waals surface area (Å²) in [6.45, 7) is 3.73. The number of fused-ring (bicyclic) bond motifs is 2. The van der Waals surface area contributed by atoms with Gasteiger partial charge in [-0.3, -0.25) is 14.3 Å². The molecular weight excluding hydrogens is 561 g/mol. The SMILES string of the molecule is N#Cc1ccc(-n2ccc3c(C4CCN(Cc5nc6ccc(C(=O)O)cc6n5C[C@@H]5CCO5)CC4)cccc3c2=O)c(F)c1. The summed E-state index contributed by atoms with van der Waals surface area (Å²) in [6.07, 6.45) is 4.50. The molecule has 0 saturated carbocycles. The Morgan fingerprint density at radius 1 is 1.07 bits per heavy atom. The first-order valence-electron chi connectivity index (χ1n) is 14.8. The van der Waals surface area contributed by atoms with E-state index < -0.39 is 11.8 Å². The molecule has 2 saturated heterocycles. The largest absolute Gasteiger partial charge is 0.478 e. The number of carboxylic acids is 1. The number of likely N-dealkylation sites (tertiary alicyclic amines) is 1. The van der Waals surface area contributed by atoms with Gasteiger partial charge < -0.3 is 14.4 Å². The predicted molar refractivity (Wildman–Crippen MR) is 163 cm³/mol. The zero-order valence-corrected chi connectivity index (χ0v) is 23.9. The van der Waals surface area contributed by atoms with Crippen molar-refractivity contribution in [1.29, 1.82) is 5.26 Å². The standard InChI is InChI=1S/C34H30FN5O4/c35-28-16-21(18-36)4-7-30(28)39-14-10-26-25(2-1-3-27(26)33(39)41)22-8-12-38(13-9-22)20-32-37-29-6-5-23(34(42)43)17-31(29)40(32)19-24-11-15-44-24/h1-7,10,14,16-17,22,24H,8-9,11-13,15,19-20H2,(H,42,43)/t24-/m0/s1. The number of rotatable bonds is 7. The highest BCUT2D eigenvalue weighted by molar-refractivity contribution is 5.92. The van der Waals surface area contributed by atoms with Gasteiger partial charge in [0, 0.05) is 18.2 Å². The molecule has 1 atom stereocenters. The molecule has 0 unspecified atom stereocenters. The number of hydrogen-bond acceptors (Lipinski definition) is 6. The summed E-state index contributed by atoms with van der Waals surface area (Å²) in [4.78, 5) is 32.4. The molecule has 4 heterocycles. The van der Waals surface area contributed by atoms with Gasteiger partial charge in [-0.1, -0.05) is 12.1 Å². The van der Waals surface area contributed by atoms with Gasteiger partial charge in [-0.2, -0.15) is 5.26 Å². The van der Waals surface area contributed by atoms with E-state index in [0.29, 0.717) is 18.5 Å². The fourth-order valence-electron chi connectivity index (χ4n) is 6.48. The molecule has 0 amide bonds. The van der Waals surface area contributed by atoms with Gasteiger partial charge in [-0.25, -0.2) is 14.2 Å². The van der Waals surface area contributed by atoms with Gasteiger partial charge in [0.25, 0.3) is 5.56 Å². The van der Waals surface area contributed by atoms with Gasteiger partial charge in [0.1, 0.15) is 11.6 Å². The smallest absolute Gasteiger partial charge is 0.335 e. The van der Waals surface area contributed by atoms with Gasteiger partial charge >= 0.3 is 5.97 Å². The molecule has 2 fully saturated rings. The summed E-state index contributed by atoms with van der Waals surface area (Å²) >= 11 is 0. The van der Waals surface area contributed by atoms with Gasteiger partial charge in [0.15, 0.2) is 0 Å². The Bertz CT molecular complexity index is 2010. The van der Waals surface area contributed by atoms with Crippen LogP contribution in [0.3, 0.4) is 0 Å². The molecule has 0 spiro atoms. The fraction of sp³-hybridized carbons (Fsp3) is 0.294. The van der Waals surface area contributed by atoms with Gasteiger partial charge in [0.05, 0.1) is 53.1 Å². The minimum absolute atomic E-state index is 0.106. The predicted octanol–water partition coefficient (Wildman–Crippen LogP) is 5.22. The molecule has 44 heavy (non-hydrogen) atoms. The van der Waals surface area contributed by atoms with Crippen LogP contribution in [0.5, 0.6) is 0 Å². The molecule has 2 aliphatic heterocycles. The van der Waals surface area contributed by atoms with Gasteiger partial charge in [-0.05, 0) is 97.8 Å². The maximum Gasteiger partial charge on any atom is 0.335 e.